The molecule has 1 unspecified atom stereocenters. The Balaban J connectivity index is 1.41. The molecule has 0 spiro atoms. The van der Waals surface area contributed by atoms with Crippen LogP contribution in [0.15, 0.2) is 119 Å². The maximum atomic E-state index is 14.5. The number of amides is 2. The molecule has 0 heterocycles. The molecule has 0 aliphatic heterocycles. The number of hydrogen-bond donors (Lipinski definition) is 3. The molecule has 1 atom stereocenters. The minimum Gasteiger partial charge on any atom is -0.478 e. The molecule has 0 aliphatic carbocycles. The topological polar surface area (TPSA) is 95.5 Å². The summed E-state index contributed by atoms with van der Waals surface area (Å²) in [5, 5.41) is 15.5. The van der Waals surface area contributed by atoms with E-state index in [1.165, 1.54) is 30.0 Å². The van der Waals surface area contributed by atoms with Crippen molar-refractivity contribution in [3.8, 4) is 0 Å². The van der Waals surface area contributed by atoms with Crippen molar-refractivity contribution in [3.05, 3.63) is 136 Å². The largest absolute Gasteiger partial charge is 0.478 e. The molecule has 5 rings (SSSR count). The summed E-state index contributed by atoms with van der Waals surface area (Å²) in [6.07, 6.45) is 0. The molecule has 2 amide bonds. The van der Waals surface area contributed by atoms with Crippen molar-refractivity contribution in [2.24, 2.45) is 0 Å². The van der Waals surface area contributed by atoms with Crippen molar-refractivity contribution in [2.75, 3.05) is 10.6 Å². The SMILES string of the molecule is O=C(O)c1cccc2cccc(C(=O)Nc3cccc(SC(C(=O)Nc4ccc(Br)cc4F)c4ccccc4)c3)c12. The maximum Gasteiger partial charge on any atom is 0.336 e. The molecule has 0 radical (unpaired) electrons. The molecule has 0 saturated heterocycles. The number of carbonyl (C=O) groups is 3. The second-order valence-electron chi connectivity index (χ2n) is 9.02. The Hall–Kier alpha value is -4.47. The van der Waals surface area contributed by atoms with E-state index >= 15 is 0 Å². The van der Waals surface area contributed by atoms with Gasteiger partial charge in [-0.1, -0.05) is 76.6 Å². The third-order valence-electron chi connectivity index (χ3n) is 6.26. The summed E-state index contributed by atoms with van der Waals surface area (Å²) >= 11 is 4.47. The van der Waals surface area contributed by atoms with Crippen molar-refractivity contribution < 1.29 is 23.9 Å². The highest BCUT2D eigenvalue weighted by Gasteiger charge is 2.24. The minimum atomic E-state index is -1.12. The Kier molecular flexibility index (Phi) is 8.47. The van der Waals surface area contributed by atoms with E-state index in [0.717, 1.165) is 5.56 Å². The molecule has 204 valence electrons. The molecule has 6 nitrogen and oxygen atoms in total. The van der Waals surface area contributed by atoms with Crippen LogP contribution in [0.4, 0.5) is 15.8 Å². The summed E-state index contributed by atoms with van der Waals surface area (Å²) in [5.74, 6) is -2.56. The highest BCUT2D eigenvalue weighted by molar-refractivity contribution is 9.10. The predicted octanol–water partition coefficient (Wildman–Crippen LogP) is 8.16. The summed E-state index contributed by atoms with van der Waals surface area (Å²) in [6.45, 7) is 0. The van der Waals surface area contributed by atoms with Crippen molar-refractivity contribution in [1.29, 1.82) is 0 Å². The van der Waals surface area contributed by atoms with E-state index in [0.29, 0.717) is 25.8 Å². The van der Waals surface area contributed by atoms with Gasteiger partial charge in [0.1, 0.15) is 11.1 Å². The third kappa shape index (κ3) is 6.48. The number of fused-ring (bicyclic) bond motifs is 1. The van der Waals surface area contributed by atoms with Gasteiger partial charge in [0.15, 0.2) is 0 Å². The molecule has 0 fully saturated rings. The van der Waals surface area contributed by atoms with Crippen LogP contribution in [0.2, 0.25) is 0 Å². The van der Waals surface area contributed by atoms with Crippen LogP contribution < -0.4 is 10.6 Å². The first-order chi connectivity index (χ1) is 19.8. The van der Waals surface area contributed by atoms with Gasteiger partial charge in [0.2, 0.25) is 5.91 Å². The van der Waals surface area contributed by atoms with E-state index in [1.807, 2.05) is 36.4 Å². The summed E-state index contributed by atoms with van der Waals surface area (Å²) in [4.78, 5) is 39.2. The number of thioether (sulfide) groups is 1. The number of halogens is 2. The van der Waals surface area contributed by atoms with Crippen molar-refractivity contribution in [2.45, 2.75) is 10.1 Å². The Morgan fingerprint density at radius 1 is 0.780 bits per heavy atom. The molecule has 0 aromatic heterocycles. The first-order valence-corrected chi connectivity index (χ1v) is 14.1. The fraction of sp³-hybridized carbons (Fsp3) is 0.0312. The highest BCUT2D eigenvalue weighted by atomic mass is 79.9. The van der Waals surface area contributed by atoms with Gasteiger partial charge in [0, 0.05) is 26.0 Å². The van der Waals surface area contributed by atoms with Crippen molar-refractivity contribution in [1.82, 2.24) is 0 Å². The number of carbonyl (C=O) groups excluding carboxylic acids is 2. The van der Waals surface area contributed by atoms with E-state index in [9.17, 15) is 23.9 Å². The molecular formula is C32H22BrFN2O4S. The van der Waals surface area contributed by atoms with Gasteiger partial charge >= 0.3 is 5.97 Å². The average molecular weight is 630 g/mol. The van der Waals surface area contributed by atoms with Gasteiger partial charge in [0.05, 0.1) is 11.3 Å². The van der Waals surface area contributed by atoms with E-state index in [-0.39, 0.29) is 16.8 Å². The summed E-state index contributed by atoms with van der Waals surface area (Å²) in [7, 11) is 0. The van der Waals surface area contributed by atoms with Crippen LogP contribution in [-0.2, 0) is 4.79 Å². The number of rotatable bonds is 8. The quantitative estimate of drug-likeness (QED) is 0.151. The van der Waals surface area contributed by atoms with Gasteiger partial charge in [-0.05, 0) is 59.5 Å². The first-order valence-electron chi connectivity index (χ1n) is 12.4. The molecule has 5 aromatic carbocycles. The molecule has 41 heavy (non-hydrogen) atoms. The average Bonchev–Trinajstić information content (AvgIpc) is 2.97. The monoisotopic (exact) mass is 628 g/mol. The second-order valence-corrected chi connectivity index (χ2v) is 11.1. The summed E-state index contributed by atoms with van der Waals surface area (Å²) in [5.41, 5.74) is 1.53. The summed E-state index contributed by atoms with van der Waals surface area (Å²) in [6, 6.07) is 30.4. The van der Waals surface area contributed by atoms with Crippen LogP contribution in [0.1, 0.15) is 31.5 Å². The smallest absolute Gasteiger partial charge is 0.336 e. The van der Waals surface area contributed by atoms with Crippen LogP contribution in [0.5, 0.6) is 0 Å². The number of carboxylic acids is 1. The Morgan fingerprint density at radius 3 is 2.20 bits per heavy atom. The van der Waals surface area contributed by atoms with Gasteiger partial charge in [-0.3, -0.25) is 9.59 Å². The lowest BCUT2D eigenvalue weighted by Crippen LogP contribution is -2.19. The van der Waals surface area contributed by atoms with Gasteiger partial charge in [-0.15, -0.1) is 11.8 Å². The maximum absolute atomic E-state index is 14.5. The number of benzene rings is 5. The van der Waals surface area contributed by atoms with E-state index in [4.69, 9.17) is 0 Å². The van der Waals surface area contributed by atoms with Crippen molar-refractivity contribution in [3.63, 3.8) is 0 Å². The lowest BCUT2D eigenvalue weighted by atomic mass is 9.98. The van der Waals surface area contributed by atoms with Crippen LogP contribution in [0.3, 0.4) is 0 Å². The zero-order valence-electron chi connectivity index (χ0n) is 21.3. The fourth-order valence-electron chi connectivity index (χ4n) is 4.38. The lowest BCUT2D eigenvalue weighted by Gasteiger charge is -2.18. The van der Waals surface area contributed by atoms with Crippen LogP contribution in [0.25, 0.3) is 10.8 Å². The minimum absolute atomic E-state index is 0.0384. The van der Waals surface area contributed by atoms with Crippen LogP contribution >= 0.6 is 27.7 Å². The number of hydrogen-bond acceptors (Lipinski definition) is 4. The van der Waals surface area contributed by atoms with Gasteiger partial charge < -0.3 is 15.7 Å². The number of carboxylic acid groups (broad SMARTS) is 1. The molecule has 0 saturated carbocycles. The molecule has 9 heteroatoms. The zero-order valence-corrected chi connectivity index (χ0v) is 23.7. The fourth-order valence-corrected chi connectivity index (χ4v) is 5.80. The molecule has 5 aromatic rings. The van der Waals surface area contributed by atoms with E-state index < -0.39 is 28.9 Å². The van der Waals surface area contributed by atoms with Gasteiger partial charge in [-0.2, -0.15) is 0 Å². The van der Waals surface area contributed by atoms with Crippen LogP contribution in [0, 0.1) is 5.82 Å². The standard InChI is InChI=1S/C32H22BrFN2O4S/c33-21-15-16-27(26(34)17-21)36-31(38)29(20-7-2-1-3-8-20)41-23-12-6-11-22(18-23)35-30(37)24-13-4-9-19-10-5-14-25(28(19)24)32(39)40/h1-18,29H,(H,35,37)(H,36,38)(H,39,40). The number of aromatic carboxylic acids is 1. The number of anilines is 2. The third-order valence-corrected chi connectivity index (χ3v) is 8.00. The molecule has 0 aliphatic rings. The Labute approximate surface area is 247 Å². The highest BCUT2D eigenvalue weighted by Crippen LogP contribution is 2.37. The lowest BCUT2D eigenvalue weighted by molar-refractivity contribution is -0.115. The second kappa shape index (κ2) is 12.4. The van der Waals surface area contributed by atoms with Gasteiger partial charge in [-0.25, -0.2) is 9.18 Å². The zero-order chi connectivity index (χ0) is 28.9. The van der Waals surface area contributed by atoms with Crippen LogP contribution in [-0.4, -0.2) is 22.9 Å². The molecule has 0 bridgehead atoms. The number of nitrogens with one attached hydrogen (secondary N) is 2. The first kappa shape index (κ1) is 28.1. The van der Waals surface area contributed by atoms with Gasteiger partial charge in [0.25, 0.3) is 5.91 Å². The van der Waals surface area contributed by atoms with Crippen molar-refractivity contribution >= 4 is 67.6 Å². The van der Waals surface area contributed by atoms with E-state index in [1.54, 1.807) is 54.6 Å². The Bertz CT molecular complexity index is 1780. The van der Waals surface area contributed by atoms with E-state index in [2.05, 4.69) is 26.6 Å². The molecular weight excluding hydrogens is 607 g/mol. The predicted molar refractivity (Wildman–Crippen MR) is 163 cm³/mol. The summed E-state index contributed by atoms with van der Waals surface area (Å²) < 4.78 is 15.0. The molecule has 3 N–H and O–H groups in total. The Morgan fingerprint density at radius 2 is 1.49 bits per heavy atom. The normalized spacial score (nSPS) is 11.6.